The molecule has 162 valence electrons. The minimum absolute atomic E-state index is 0.0596. The number of carbonyl (C=O) groups is 2. The van der Waals surface area contributed by atoms with Crippen molar-refractivity contribution in [3.63, 3.8) is 0 Å². The summed E-state index contributed by atoms with van der Waals surface area (Å²) in [6.45, 7) is 1.10. The zero-order valence-electron chi connectivity index (χ0n) is 17.6. The topological polar surface area (TPSA) is 72.9 Å². The van der Waals surface area contributed by atoms with Crippen molar-refractivity contribution in [1.29, 1.82) is 0 Å². The summed E-state index contributed by atoms with van der Waals surface area (Å²) in [5, 5.41) is 13.4. The van der Waals surface area contributed by atoms with Crippen LogP contribution < -0.4 is 5.32 Å². The molecule has 2 heterocycles. The van der Waals surface area contributed by atoms with E-state index in [9.17, 15) is 14.7 Å². The molecule has 30 heavy (non-hydrogen) atoms. The van der Waals surface area contributed by atoms with E-state index in [1.165, 1.54) is 0 Å². The van der Waals surface area contributed by atoms with Gasteiger partial charge in [0.1, 0.15) is 0 Å². The van der Waals surface area contributed by atoms with Crippen LogP contribution in [0.3, 0.4) is 0 Å². The number of likely N-dealkylation sites (tertiary alicyclic amines) is 2. The first-order chi connectivity index (χ1) is 14.6. The van der Waals surface area contributed by atoms with Crippen LogP contribution in [-0.4, -0.2) is 64.2 Å². The van der Waals surface area contributed by atoms with Gasteiger partial charge in [-0.3, -0.25) is 4.79 Å². The highest BCUT2D eigenvalue weighted by molar-refractivity contribution is 5.83. The van der Waals surface area contributed by atoms with Crippen molar-refractivity contribution in [3.05, 3.63) is 35.9 Å². The Morgan fingerprint density at radius 1 is 1.00 bits per heavy atom. The number of rotatable bonds is 4. The standard InChI is InChI=1S/C24H33N3O3/c28-14-20-21(17-8-2-1-3-9-17)24(27(20)23(30)25-19-12-6-7-13-19)15-26(16-24)22(29)18-10-4-5-11-18/h1-3,8-9,18-21,28H,4-7,10-16H2,(H,25,30)/t20-,21-/m0/s1. The molecule has 0 unspecified atom stereocenters. The SMILES string of the molecule is O=C(C1CCCC1)N1CC2(C1)[C@@H](c1ccccc1)[C@H](CO)N2C(=O)NC1CCCC1. The highest BCUT2D eigenvalue weighted by Gasteiger charge is 2.68. The molecular formula is C24H33N3O3. The average Bonchev–Trinajstić information content (AvgIpc) is 3.41. The molecule has 0 radical (unpaired) electrons. The number of hydrogen-bond donors (Lipinski definition) is 2. The lowest BCUT2D eigenvalue weighted by molar-refractivity contribution is -0.180. The van der Waals surface area contributed by atoms with E-state index in [4.69, 9.17) is 0 Å². The van der Waals surface area contributed by atoms with Gasteiger partial charge in [0.2, 0.25) is 5.91 Å². The Labute approximate surface area is 178 Å². The molecule has 1 aromatic carbocycles. The first kappa shape index (κ1) is 19.9. The number of carbonyl (C=O) groups excluding carboxylic acids is 2. The smallest absolute Gasteiger partial charge is 0.318 e. The Hall–Kier alpha value is -2.08. The Bertz CT molecular complexity index is 780. The summed E-state index contributed by atoms with van der Waals surface area (Å²) in [5.74, 6) is 0.478. The van der Waals surface area contributed by atoms with Crippen LogP contribution in [0.15, 0.2) is 30.3 Å². The molecule has 0 bridgehead atoms. The van der Waals surface area contributed by atoms with Crippen molar-refractivity contribution < 1.29 is 14.7 Å². The molecule has 1 spiro atoms. The van der Waals surface area contributed by atoms with Crippen molar-refractivity contribution in [3.8, 4) is 0 Å². The van der Waals surface area contributed by atoms with Gasteiger partial charge in [-0.15, -0.1) is 0 Å². The number of aliphatic hydroxyl groups excluding tert-OH is 1. The molecule has 5 rings (SSSR count). The maximum Gasteiger partial charge on any atom is 0.318 e. The van der Waals surface area contributed by atoms with E-state index in [2.05, 4.69) is 17.4 Å². The molecule has 1 aromatic rings. The first-order valence-electron chi connectivity index (χ1n) is 11.7. The van der Waals surface area contributed by atoms with E-state index in [0.717, 1.165) is 56.9 Å². The van der Waals surface area contributed by atoms with Gasteiger partial charge in [0.05, 0.1) is 18.2 Å². The Kier molecular flexibility index (Phi) is 5.21. The summed E-state index contributed by atoms with van der Waals surface area (Å²) in [7, 11) is 0. The lowest BCUT2D eigenvalue weighted by Crippen LogP contribution is -2.87. The Morgan fingerprint density at radius 3 is 2.27 bits per heavy atom. The summed E-state index contributed by atoms with van der Waals surface area (Å²) in [6.07, 6.45) is 8.67. The molecule has 4 aliphatic rings. The van der Waals surface area contributed by atoms with Gasteiger partial charge < -0.3 is 20.2 Å². The third-order valence-electron chi connectivity index (χ3n) is 7.97. The minimum Gasteiger partial charge on any atom is -0.394 e. The van der Waals surface area contributed by atoms with Gasteiger partial charge in [0.15, 0.2) is 0 Å². The summed E-state index contributed by atoms with van der Waals surface area (Å²) in [5.41, 5.74) is 0.751. The van der Waals surface area contributed by atoms with Gasteiger partial charge in [-0.2, -0.15) is 0 Å². The van der Waals surface area contributed by atoms with Crippen molar-refractivity contribution in [2.45, 2.75) is 74.9 Å². The van der Waals surface area contributed by atoms with Gasteiger partial charge in [-0.25, -0.2) is 4.79 Å². The Morgan fingerprint density at radius 2 is 1.63 bits per heavy atom. The second kappa shape index (κ2) is 7.88. The van der Waals surface area contributed by atoms with Crippen LogP contribution in [0.1, 0.15) is 62.8 Å². The predicted octanol–water partition coefficient (Wildman–Crippen LogP) is 2.87. The van der Waals surface area contributed by atoms with E-state index in [1.54, 1.807) is 0 Å². The number of amides is 3. The van der Waals surface area contributed by atoms with Crippen molar-refractivity contribution in [1.82, 2.24) is 15.1 Å². The number of benzene rings is 1. The van der Waals surface area contributed by atoms with E-state index in [1.807, 2.05) is 28.0 Å². The second-order valence-corrected chi connectivity index (χ2v) is 9.72. The zero-order valence-corrected chi connectivity index (χ0v) is 17.6. The summed E-state index contributed by atoms with van der Waals surface area (Å²) >= 11 is 0. The maximum atomic E-state index is 13.3. The molecule has 6 heteroatoms. The van der Waals surface area contributed by atoms with Crippen molar-refractivity contribution in [2.24, 2.45) is 5.92 Å². The lowest BCUT2D eigenvalue weighted by Gasteiger charge is -2.70. The quantitative estimate of drug-likeness (QED) is 0.800. The predicted molar refractivity (Wildman–Crippen MR) is 114 cm³/mol. The summed E-state index contributed by atoms with van der Waals surface area (Å²) in [6, 6.07) is 10.1. The van der Waals surface area contributed by atoms with Crippen LogP contribution in [0.25, 0.3) is 0 Å². The first-order valence-corrected chi connectivity index (χ1v) is 11.7. The van der Waals surface area contributed by atoms with E-state index < -0.39 is 5.54 Å². The second-order valence-electron chi connectivity index (χ2n) is 9.72. The average molecular weight is 412 g/mol. The van der Waals surface area contributed by atoms with Crippen LogP contribution in [0.2, 0.25) is 0 Å². The molecule has 6 nitrogen and oxygen atoms in total. The monoisotopic (exact) mass is 411 g/mol. The van der Waals surface area contributed by atoms with Gasteiger partial charge >= 0.3 is 6.03 Å². The lowest BCUT2D eigenvalue weighted by atomic mass is 9.60. The van der Waals surface area contributed by atoms with Crippen molar-refractivity contribution >= 4 is 11.9 Å². The van der Waals surface area contributed by atoms with Gasteiger partial charge in [0.25, 0.3) is 0 Å². The summed E-state index contributed by atoms with van der Waals surface area (Å²) < 4.78 is 0. The van der Waals surface area contributed by atoms with E-state index in [-0.39, 0.29) is 42.5 Å². The number of hydrogen-bond acceptors (Lipinski definition) is 3. The summed E-state index contributed by atoms with van der Waals surface area (Å²) in [4.78, 5) is 30.1. The molecule has 2 aliphatic carbocycles. The van der Waals surface area contributed by atoms with Crippen LogP contribution in [0.4, 0.5) is 4.79 Å². The molecule has 2 atom stereocenters. The largest absolute Gasteiger partial charge is 0.394 e. The van der Waals surface area contributed by atoms with Crippen LogP contribution in [-0.2, 0) is 4.79 Å². The molecule has 3 amide bonds. The normalized spacial score (nSPS) is 28.4. The fourth-order valence-corrected chi connectivity index (χ4v) is 6.50. The molecule has 0 aromatic heterocycles. The fraction of sp³-hybridized carbons (Fsp3) is 0.667. The molecule has 2 saturated heterocycles. The molecule has 2 aliphatic heterocycles. The van der Waals surface area contributed by atoms with Gasteiger partial charge in [-0.1, -0.05) is 56.0 Å². The number of nitrogens with one attached hydrogen (secondary N) is 1. The van der Waals surface area contributed by atoms with E-state index in [0.29, 0.717) is 13.1 Å². The molecule has 4 fully saturated rings. The third kappa shape index (κ3) is 3.11. The van der Waals surface area contributed by atoms with Crippen LogP contribution in [0.5, 0.6) is 0 Å². The zero-order chi connectivity index (χ0) is 20.7. The highest BCUT2D eigenvalue weighted by Crippen LogP contribution is 2.54. The molecule has 2 saturated carbocycles. The van der Waals surface area contributed by atoms with Crippen molar-refractivity contribution in [2.75, 3.05) is 19.7 Å². The van der Waals surface area contributed by atoms with Gasteiger partial charge in [-0.05, 0) is 31.2 Å². The number of nitrogens with zero attached hydrogens (tertiary/aromatic N) is 2. The number of aliphatic hydroxyl groups is 1. The van der Waals surface area contributed by atoms with Crippen LogP contribution >= 0.6 is 0 Å². The van der Waals surface area contributed by atoms with E-state index >= 15 is 0 Å². The maximum absolute atomic E-state index is 13.3. The molecular weight excluding hydrogens is 378 g/mol. The Balaban J connectivity index is 1.38. The fourth-order valence-electron chi connectivity index (χ4n) is 6.50. The third-order valence-corrected chi connectivity index (χ3v) is 7.97. The molecule has 2 N–H and O–H groups in total. The van der Waals surface area contributed by atoms with Gasteiger partial charge in [0, 0.05) is 31.0 Å². The number of urea groups is 1. The highest BCUT2D eigenvalue weighted by atomic mass is 16.3. The minimum atomic E-state index is -0.397. The van der Waals surface area contributed by atoms with Crippen LogP contribution in [0, 0.1) is 5.92 Å².